The van der Waals surface area contributed by atoms with E-state index in [-0.39, 0.29) is 12.3 Å². The van der Waals surface area contributed by atoms with Gasteiger partial charge in [0.05, 0.1) is 0 Å². The fourth-order valence-electron chi connectivity index (χ4n) is 2.53. The maximum atomic E-state index is 11.2. The lowest BCUT2D eigenvalue weighted by atomic mass is 9.56. The van der Waals surface area contributed by atoms with Crippen LogP contribution in [0.2, 0.25) is 0 Å². The Kier molecular flexibility index (Phi) is 4.11. The van der Waals surface area contributed by atoms with Crippen LogP contribution in [0.1, 0.15) is 26.2 Å². The zero-order valence-electron chi connectivity index (χ0n) is 9.93. The monoisotopic (exact) mass is 244 g/mol. The predicted octanol–water partition coefficient (Wildman–Crippen LogP) is -0.136. The Morgan fingerprint density at radius 2 is 1.94 bits per heavy atom. The summed E-state index contributed by atoms with van der Waals surface area (Å²) in [4.78, 5) is 22.3. The summed E-state index contributed by atoms with van der Waals surface area (Å²) in [7, 11) is 0. The molecule has 6 N–H and O–H groups in total. The summed E-state index contributed by atoms with van der Waals surface area (Å²) in [5.74, 6) is -2.88. The lowest BCUT2D eigenvalue weighted by Crippen LogP contribution is -2.59. The molecule has 0 aromatic carbocycles. The average Bonchev–Trinajstić information content (AvgIpc) is 2.14. The SMILES string of the molecule is CC(CN)C[C@H](N)C1CCC1(C(=O)O)C(=O)O. The summed E-state index contributed by atoms with van der Waals surface area (Å²) in [5.41, 5.74) is 9.72. The second kappa shape index (κ2) is 5.01. The smallest absolute Gasteiger partial charge is 0.321 e. The molecule has 1 aliphatic carbocycles. The molecule has 0 bridgehead atoms. The molecule has 17 heavy (non-hydrogen) atoms. The highest BCUT2D eigenvalue weighted by Gasteiger charge is 2.60. The molecule has 3 atom stereocenters. The number of hydrogen-bond acceptors (Lipinski definition) is 4. The zero-order valence-corrected chi connectivity index (χ0v) is 9.93. The van der Waals surface area contributed by atoms with Gasteiger partial charge < -0.3 is 21.7 Å². The number of carboxylic acids is 2. The highest BCUT2D eigenvalue weighted by Crippen LogP contribution is 2.49. The van der Waals surface area contributed by atoms with E-state index in [4.69, 9.17) is 21.7 Å². The van der Waals surface area contributed by atoms with Gasteiger partial charge in [-0.1, -0.05) is 6.92 Å². The van der Waals surface area contributed by atoms with Gasteiger partial charge in [-0.15, -0.1) is 0 Å². The Hall–Kier alpha value is -1.14. The van der Waals surface area contributed by atoms with Crippen LogP contribution in [-0.4, -0.2) is 34.7 Å². The molecule has 1 rings (SSSR count). The molecule has 1 fully saturated rings. The van der Waals surface area contributed by atoms with Crippen molar-refractivity contribution in [3.05, 3.63) is 0 Å². The first-order valence-corrected chi connectivity index (χ1v) is 5.78. The second-order valence-corrected chi connectivity index (χ2v) is 4.97. The lowest BCUT2D eigenvalue weighted by Gasteiger charge is -2.46. The van der Waals surface area contributed by atoms with Gasteiger partial charge >= 0.3 is 11.9 Å². The van der Waals surface area contributed by atoms with E-state index < -0.39 is 29.3 Å². The maximum Gasteiger partial charge on any atom is 0.321 e. The minimum absolute atomic E-state index is 0.160. The van der Waals surface area contributed by atoms with Crippen molar-refractivity contribution < 1.29 is 19.8 Å². The third-order valence-electron chi connectivity index (χ3n) is 3.84. The van der Waals surface area contributed by atoms with Crippen molar-refractivity contribution in [3.8, 4) is 0 Å². The summed E-state index contributed by atoms with van der Waals surface area (Å²) in [6, 6.07) is -0.422. The number of carbonyl (C=O) groups is 2. The fraction of sp³-hybridized carbons (Fsp3) is 0.818. The van der Waals surface area contributed by atoms with Crippen LogP contribution in [0.4, 0.5) is 0 Å². The molecule has 0 heterocycles. The molecule has 1 saturated carbocycles. The third-order valence-corrected chi connectivity index (χ3v) is 3.84. The molecule has 0 spiro atoms. The Labute approximate surface area is 100.0 Å². The molecule has 0 saturated heterocycles. The van der Waals surface area contributed by atoms with Crippen LogP contribution in [0.25, 0.3) is 0 Å². The quantitative estimate of drug-likeness (QED) is 0.482. The van der Waals surface area contributed by atoms with Crippen molar-refractivity contribution in [2.45, 2.75) is 32.2 Å². The van der Waals surface area contributed by atoms with E-state index in [0.717, 1.165) is 0 Å². The van der Waals surface area contributed by atoms with Gasteiger partial charge in [0, 0.05) is 12.0 Å². The molecule has 98 valence electrons. The second-order valence-electron chi connectivity index (χ2n) is 4.97. The van der Waals surface area contributed by atoms with Crippen LogP contribution in [0.3, 0.4) is 0 Å². The van der Waals surface area contributed by atoms with E-state index >= 15 is 0 Å². The number of aliphatic carboxylic acids is 2. The summed E-state index contributed by atoms with van der Waals surface area (Å²) < 4.78 is 0. The van der Waals surface area contributed by atoms with Gasteiger partial charge in [0.1, 0.15) is 0 Å². The summed E-state index contributed by atoms with van der Waals surface area (Å²) in [6.07, 6.45) is 1.27. The number of nitrogens with two attached hydrogens (primary N) is 2. The molecule has 0 aromatic heterocycles. The van der Waals surface area contributed by atoms with Gasteiger partial charge in [0.25, 0.3) is 0 Å². The number of hydrogen-bond donors (Lipinski definition) is 4. The van der Waals surface area contributed by atoms with Gasteiger partial charge in [-0.2, -0.15) is 0 Å². The van der Waals surface area contributed by atoms with E-state index in [2.05, 4.69) is 0 Å². The van der Waals surface area contributed by atoms with E-state index in [0.29, 0.717) is 19.4 Å². The number of rotatable bonds is 6. The topological polar surface area (TPSA) is 127 Å². The Balaban J connectivity index is 2.78. The number of carboxylic acid groups (broad SMARTS) is 2. The fourth-order valence-corrected chi connectivity index (χ4v) is 2.53. The molecular formula is C11H20N2O4. The molecule has 0 aromatic rings. The third kappa shape index (κ3) is 2.28. The van der Waals surface area contributed by atoms with Gasteiger partial charge in [0.2, 0.25) is 0 Å². The van der Waals surface area contributed by atoms with Crippen LogP contribution in [0.5, 0.6) is 0 Å². The largest absolute Gasteiger partial charge is 0.480 e. The first-order valence-electron chi connectivity index (χ1n) is 5.78. The highest BCUT2D eigenvalue weighted by molar-refractivity contribution is 5.99. The van der Waals surface area contributed by atoms with Crippen LogP contribution in [0.15, 0.2) is 0 Å². The van der Waals surface area contributed by atoms with Crippen LogP contribution in [0, 0.1) is 17.3 Å². The van der Waals surface area contributed by atoms with Gasteiger partial charge in [-0.05, 0) is 31.7 Å². The minimum Gasteiger partial charge on any atom is -0.480 e. The zero-order chi connectivity index (χ0) is 13.2. The van der Waals surface area contributed by atoms with E-state index in [1.165, 1.54) is 0 Å². The van der Waals surface area contributed by atoms with Crippen molar-refractivity contribution in [1.29, 1.82) is 0 Å². The van der Waals surface area contributed by atoms with Crippen molar-refractivity contribution in [3.63, 3.8) is 0 Å². The maximum absolute atomic E-state index is 11.2. The first-order chi connectivity index (χ1) is 7.86. The Morgan fingerprint density at radius 3 is 2.24 bits per heavy atom. The van der Waals surface area contributed by atoms with Crippen molar-refractivity contribution >= 4 is 11.9 Å². The van der Waals surface area contributed by atoms with E-state index in [1.54, 1.807) is 0 Å². The van der Waals surface area contributed by atoms with Crippen LogP contribution < -0.4 is 11.5 Å². The molecule has 0 radical (unpaired) electrons. The summed E-state index contributed by atoms with van der Waals surface area (Å²) in [5, 5.41) is 18.2. The Morgan fingerprint density at radius 1 is 1.41 bits per heavy atom. The van der Waals surface area contributed by atoms with E-state index in [9.17, 15) is 9.59 Å². The van der Waals surface area contributed by atoms with Gasteiger partial charge in [0.15, 0.2) is 5.41 Å². The van der Waals surface area contributed by atoms with Crippen molar-refractivity contribution in [2.75, 3.05) is 6.54 Å². The standard InChI is InChI=1S/C11H20N2O4/c1-6(5-12)4-8(13)7-2-3-11(7,9(14)15)10(16)17/h6-8H,2-5,12-13H2,1H3,(H,14,15)(H,16,17)/t6?,7?,8-/m0/s1. The lowest BCUT2D eigenvalue weighted by molar-refractivity contribution is -0.180. The molecule has 1 aliphatic rings. The average molecular weight is 244 g/mol. The first kappa shape index (κ1) is 13.9. The Bertz CT molecular complexity index is 305. The van der Waals surface area contributed by atoms with Crippen LogP contribution in [-0.2, 0) is 9.59 Å². The van der Waals surface area contributed by atoms with Crippen molar-refractivity contribution in [1.82, 2.24) is 0 Å². The molecule has 2 unspecified atom stereocenters. The molecule has 0 amide bonds. The molecular weight excluding hydrogens is 224 g/mol. The summed E-state index contributed by atoms with van der Waals surface area (Å²) in [6.45, 7) is 2.38. The van der Waals surface area contributed by atoms with Crippen LogP contribution >= 0.6 is 0 Å². The normalized spacial score (nSPS) is 25.7. The molecule has 6 heteroatoms. The molecule has 0 aliphatic heterocycles. The predicted molar refractivity (Wildman–Crippen MR) is 61.2 cm³/mol. The minimum atomic E-state index is -1.69. The van der Waals surface area contributed by atoms with E-state index in [1.807, 2.05) is 6.92 Å². The van der Waals surface area contributed by atoms with Gasteiger partial charge in [-0.3, -0.25) is 9.59 Å². The van der Waals surface area contributed by atoms with Gasteiger partial charge in [-0.25, -0.2) is 0 Å². The molecule has 6 nitrogen and oxygen atoms in total. The van der Waals surface area contributed by atoms with Crippen molar-refractivity contribution in [2.24, 2.45) is 28.7 Å². The summed E-state index contributed by atoms with van der Waals surface area (Å²) >= 11 is 0. The highest BCUT2D eigenvalue weighted by atomic mass is 16.4.